The summed E-state index contributed by atoms with van der Waals surface area (Å²) in [6.07, 6.45) is 2.90. The smallest absolute Gasteiger partial charge is 0.325 e. The van der Waals surface area contributed by atoms with E-state index in [4.69, 9.17) is 9.84 Å². The summed E-state index contributed by atoms with van der Waals surface area (Å²) >= 11 is 0. The van der Waals surface area contributed by atoms with Crippen molar-refractivity contribution in [1.29, 1.82) is 0 Å². The molecule has 2 aromatic rings. The van der Waals surface area contributed by atoms with Crippen molar-refractivity contribution in [2.24, 2.45) is 0 Å². The maximum Gasteiger partial charge on any atom is 0.325 e. The molecule has 0 saturated heterocycles. The number of carboxylic acid groups (broad SMARTS) is 1. The minimum Gasteiger partial charge on any atom is -0.488 e. The second kappa shape index (κ2) is 8.68. The third kappa shape index (κ3) is 5.80. The van der Waals surface area contributed by atoms with Gasteiger partial charge in [-0.25, -0.2) is 0 Å². The van der Waals surface area contributed by atoms with E-state index in [1.54, 1.807) is 6.08 Å². The number of aryl methyl sites for hydroxylation is 1. The molecule has 130 valence electrons. The maximum atomic E-state index is 11.8. The normalized spacial score (nSPS) is 11.9. The van der Waals surface area contributed by atoms with Crippen LogP contribution in [0.1, 0.15) is 23.6 Å². The van der Waals surface area contributed by atoms with Gasteiger partial charge in [-0.05, 0) is 31.6 Å². The highest BCUT2D eigenvalue weighted by atomic mass is 16.5. The number of rotatable bonds is 7. The Morgan fingerprint density at radius 2 is 1.84 bits per heavy atom. The van der Waals surface area contributed by atoms with Crippen molar-refractivity contribution in [3.63, 3.8) is 0 Å². The molecule has 2 N–H and O–H groups in total. The molecule has 2 rings (SSSR count). The van der Waals surface area contributed by atoms with E-state index in [1.807, 2.05) is 55.5 Å². The summed E-state index contributed by atoms with van der Waals surface area (Å²) in [6, 6.07) is 14.5. The standard InChI is InChI=1S/C20H21NO4/c1-14-7-9-16(10-8-14)13-25-18-6-4-3-5-17(18)11-12-19(22)21-15(2)20(23)24/h3-12,15H,13H2,1-2H3,(H,21,22)(H,23,24)/b12-11+/t15-/m1/s1. The monoisotopic (exact) mass is 339 g/mol. The quantitative estimate of drug-likeness (QED) is 0.760. The van der Waals surface area contributed by atoms with Crippen molar-refractivity contribution >= 4 is 18.0 Å². The van der Waals surface area contributed by atoms with Gasteiger partial charge in [0.1, 0.15) is 18.4 Å². The number of benzene rings is 2. The fourth-order valence-electron chi connectivity index (χ4n) is 2.08. The van der Waals surface area contributed by atoms with Gasteiger partial charge in [-0.2, -0.15) is 0 Å². The molecule has 1 atom stereocenters. The summed E-state index contributed by atoms with van der Waals surface area (Å²) in [4.78, 5) is 22.5. The zero-order valence-electron chi connectivity index (χ0n) is 14.2. The van der Waals surface area contributed by atoms with Gasteiger partial charge in [-0.1, -0.05) is 48.0 Å². The number of ether oxygens (including phenoxy) is 1. The molecule has 0 aliphatic carbocycles. The van der Waals surface area contributed by atoms with Crippen LogP contribution in [0.2, 0.25) is 0 Å². The molecule has 0 saturated carbocycles. The molecule has 0 heterocycles. The highest BCUT2D eigenvalue weighted by molar-refractivity contribution is 5.94. The Morgan fingerprint density at radius 3 is 2.52 bits per heavy atom. The van der Waals surface area contributed by atoms with E-state index in [0.29, 0.717) is 12.4 Å². The first-order valence-electron chi connectivity index (χ1n) is 7.94. The predicted molar refractivity (Wildman–Crippen MR) is 96.2 cm³/mol. The first-order chi connectivity index (χ1) is 12.0. The van der Waals surface area contributed by atoms with Crippen LogP contribution in [0.3, 0.4) is 0 Å². The minimum atomic E-state index is -1.08. The van der Waals surface area contributed by atoms with E-state index in [-0.39, 0.29) is 0 Å². The van der Waals surface area contributed by atoms with E-state index >= 15 is 0 Å². The molecule has 0 aliphatic heterocycles. The number of nitrogens with one attached hydrogen (secondary N) is 1. The van der Waals surface area contributed by atoms with Crippen molar-refractivity contribution < 1.29 is 19.4 Å². The summed E-state index contributed by atoms with van der Waals surface area (Å²) < 4.78 is 5.84. The molecule has 5 nitrogen and oxygen atoms in total. The summed E-state index contributed by atoms with van der Waals surface area (Å²) in [5.41, 5.74) is 2.99. The Bertz CT molecular complexity index is 766. The van der Waals surface area contributed by atoms with Crippen molar-refractivity contribution in [3.8, 4) is 5.75 Å². The third-order valence-electron chi connectivity index (χ3n) is 3.58. The third-order valence-corrected chi connectivity index (χ3v) is 3.58. The number of amides is 1. The molecule has 0 spiro atoms. The Balaban J connectivity index is 2.02. The zero-order chi connectivity index (χ0) is 18.2. The van der Waals surface area contributed by atoms with Crippen molar-refractivity contribution in [1.82, 2.24) is 5.32 Å². The van der Waals surface area contributed by atoms with Gasteiger partial charge in [0.05, 0.1) is 0 Å². The molecule has 25 heavy (non-hydrogen) atoms. The first-order valence-corrected chi connectivity index (χ1v) is 7.94. The predicted octanol–water partition coefficient (Wildman–Crippen LogP) is 3.18. The highest BCUT2D eigenvalue weighted by Crippen LogP contribution is 2.21. The fraction of sp³-hybridized carbons (Fsp3) is 0.200. The van der Waals surface area contributed by atoms with Crippen molar-refractivity contribution in [3.05, 3.63) is 71.3 Å². The lowest BCUT2D eigenvalue weighted by molar-refractivity contribution is -0.140. The Morgan fingerprint density at radius 1 is 1.16 bits per heavy atom. The van der Waals surface area contributed by atoms with Crippen LogP contribution in [0.4, 0.5) is 0 Å². The van der Waals surface area contributed by atoms with Crippen LogP contribution >= 0.6 is 0 Å². The lowest BCUT2D eigenvalue weighted by Gasteiger charge is -2.10. The Hall–Kier alpha value is -3.08. The summed E-state index contributed by atoms with van der Waals surface area (Å²) in [6.45, 7) is 3.86. The molecule has 2 aromatic carbocycles. The summed E-state index contributed by atoms with van der Waals surface area (Å²) in [5.74, 6) is -0.898. The molecular weight excluding hydrogens is 318 g/mol. The maximum absolute atomic E-state index is 11.8. The van der Waals surface area contributed by atoms with Crippen molar-refractivity contribution in [2.45, 2.75) is 26.5 Å². The molecule has 0 fully saturated rings. The van der Waals surface area contributed by atoms with Gasteiger partial charge in [0.25, 0.3) is 0 Å². The minimum absolute atomic E-state index is 0.424. The van der Waals surface area contributed by atoms with Gasteiger partial charge in [-0.15, -0.1) is 0 Å². The van der Waals surface area contributed by atoms with Crippen LogP contribution in [-0.4, -0.2) is 23.0 Å². The van der Waals surface area contributed by atoms with Gasteiger partial charge >= 0.3 is 5.97 Å². The van der Waals surface area contributed by atoms with Crippen molar-refractivity contribution in [2.75, 3.05) is 0 Å². The van der Waals surface area contributed by atoms with Gasteiger partial charge in [0, 0.05) is 11.6 Å². The second-order valence-corrected chi connectivity index (χ2v) is 5.71. The second-order valence-electron chi connectivity index (χ2n) is 5.71. The number of hydrogen-bond acceptors (Lipinski definition) is 3. The number of carbonyl (C=O) groups excluding carboxylic acids is 1. The summed E-state index contributed by atoms with van der Waals surface area (Å²) in [5, 5.41) is 11.2. The number of para-hydroxylation sites is 1. The van der Waals surface area contributed by atoms with Crippen LogP contribution in [0.15, 0.2) is 54.6 Å². The SMILES string of the molecule is Cc1ccc(COc2ccccc2/C=C/C(=O)N[C@H](C)C(=O)O)cc1. The van der Waals surface area contributed by atoms with E-state index in [0.717, 1.165) is 11.1 Å². The molecule has 0 radical (unpaired) electrons. The van der Waals surface area contributed by atoms with Gasteiger partial charge in [0.15, 0.2) is 0 Å². The van der Waals surface area contributed by atoms with Crippen LogP contribution in [0.5, 0.6) is 5.75 Å². The number of carbonyl (C=O) groups is 2. The number of hydrogen-bond donors (Lipinski definition) is 2. The highest BCUT2D eigenvalue weighted by Gasteiger charge is 2.11. The Labute approximate surface area is 146 Å². The van der Waals surface area contributed by atoms with Crippen LogP contribution in [0, 0.1) is 6.92 Å². The average molecular weight is 339 g/mol. The summed E-state index contributed by atoms with van der Waals surface area (Å²) in [7, 11) is 0. The molecule has 1 amide bonds. The topological polar surface area (TPSA) is 75.6 Å². The molecule has 0 aromatic heterocycles. The number of aliphatic carboxylic acids is 1. The molecule has 0 unspecified atom stereocenters. The van der Waals surface area contributed by atoms with Gasteiger partial charge in [-0.3, -0.25) is 9.59 Å². The lowest BCUT2D eigenvalue weighted by atomic mass is 10.1. The Kier molecular flexibility index (Phi) is 6.34. The number of carboxylic acids is 1. The largest absolute Gasteiger partial charge is 0.488 e. The molecule has 5 heteroatoms. The van der Waals surface area contributed by atoms with Crippen LogP contribution in [0.25, 0.3) is 6.08 Å². The van der Waals surface area contributed by atoms with E-state index in [9.17, 15) is 9.59 Å². The lowest BCUT2D eigenvalue weighted by Crippen LogP contribution is -2.37. The first kappa shape index (κ1) is 18.3. The molecule has 0 bridgehead atoms. The zero-order valence-corrected chi connectivity index (χ0v) is 14.2. The van der Waals surface area contributed by atoms with Gasteiger partial charge in [0.2, 0.25) is 5.91 Å². The van der Waals surface area contributed by atoms with E-state index in [2.05, 4.69) is 5.32 Å². The molecular formula is C20H21NO4. The fourth-order valence-corrected chi connectivity index (χ4v) is 2.08. The molecule has 0 aliphatic rings. The van der Waals surface area contributed by atoms with Gasteiger partial charge < -0.3 is 15.2 Å². The van der Waals surface area contributed by atoms with E-state index < -0.39 is 17.9 Å². The van der Waals surface area contributed by atoms with E-state index in [1.165, 1.54) is 18.6 Å². The van der Waals surface area contributed by atoms with Crippen LogP contribution in [-0.2, 0) is 16.2 Å². The average Bonchev–Trinajstić information content (AvgIpc) is 2.60. The van der Waals surface area contributed by atoms with Crippen LogP contribution < -0.4 is 10.1 Å².